The summed E-state index contributed by atoms with van der Waals surface area (Å²) < 4.78 is 11.6. The molecule has 4 rings (SSSR count). The zero-order valence-electron chi connectivity index (χ0n) is 12.8. The zero-order valence-corrected chi connectivity index (χ0v) is 14.9. The Kier molecular flexibility index (Phi) is 3.88. The van der Waals surface area contributed by atoms with Crippen LogP contribution in [0.15, 0.2) is 24.3 Å². The number of carbonyl (C=O) groups is 1. The van der Waals surface area contributed by atoms with Crippen LogP contribution in [0.5, 0.6) is 11.5 Å². The van der Waals surface area contributed by atoms with Crippen LogP contribution in [0.3, 0.4) is 0 Å². The normalized spacial score (nSPS) is 31.7. The van der Waals surface area contributed by atoms with Gasteiger partial charge in [0.15, 0.2) is 46.4 Å². The van der Waals surface area contributed by atoms with Crippen molar-refractivity contribution in [1.29, 1.82) is 0 Å². The zero-order chi connectivity index (χ0) is 16.0. The molecule has 1 spiro atoms. The maximum Gasteiger partial charge on any atom is 0.196 e. The first-order chi connectivity index (χ1) is 11.2. The maximum atomic E-state index is 12.5. The summed E-state index contributed by atoms with van der Waals surface area (Å²) in [6.45, 7) is 0.204. The Morgan fingerprint density at radius 1 is 1.43 bits per heavy atom. The molecule has 1 aromatic rings. The predicted molar refractivity (Wildman–Crippen MR) is 94.1 cm³/mol. The summed E-state index contributed by atoms with van der Waals surface area (Å²) in [7, 11) is 0. The number of carbonyl (C=O) groups excluding carboxylic acids is 1. The van der Waals surface area contributed by atoms with Gasteiger partial charge in [-0.3, -0.25) is 4.79 Å². The Morgan fingerprint density at radius 3 is 3.09 bits per heavy atom. The second kappa shape index (κ2) is 5.77. The van der Waals surface area contributed by atoms with Crippen molar-refractivity contribution < 1.29 is 17.7 Å². The number of hydrogen-bond acceptors (Lipinski definition) is 4. The first-order valence-electron chi connectivity index (χ1n) is 8.12. The number of ether oxygens (including phenoxy) is 1. The molecule has 0 bridgehead atoms. The van der Waals surface area contributed by atoms with Gasteiger partial charge in [0, 0.05) is 17.6 Å². The molecule has 0 aromatic heterocycles. The van der Waals surface area contributed by atoms with Crippen molar-refractivity contribution >= 4 is 28.8 Å². The summed E-state index contributed by atoms with van der Waals surface area (Å²) in [4.78, 5) is 12.5. The molecule has 3 aliphatic rings. The van der Waals surface area contributed by atoms with E-state index in [0.717, 1.165) is 43.4 Å². The molecule has 1 N–H and O–H groups in total. The van der Waals surface area contributed by atoms with Gasteiger partial charge in [0.2, 0.25) is 0 Å². The highest BCUT2D eigenvalue weighted by Gasteiger charge is 2.54. The van der Waals surface area contributed by atoms with Crippen LogP contribution in [0.1, 0.15) is 36.8 Å². The Balaban J connectivity index is 1.92. The van der Waals surface area contributed by atoms with Crippen molar-refractivity contribution in [2.45, 2.75) is 43.6 Å². The van der Waals surface area contributed by atoms with Crippen molar-refractivity contribution in [2.75, 3.05) is 6.61 Å². The smallest absolute Gasteiger partial charge is 0.196 e. The van der Waals surface area contributed by atoms with Gasteiger partial charge in [0.25, 0.3) is 0 Å². The van der Waals surface area contributed by atoms with Crippen molar-refractivity contribution in [3.63, 3.8) is 0 Å². The molecule has 122 valence electrons. The minimum atomic E-state index is -0.431. The molecule has 0 saturated heterocycles. The lowest BCUT2D eigenvalue weighted by molar-refractivity contribution is -0.123. The van der Waals surface area contributed by atoms with Crippen molar-refractivity contribution in [3.8, 4) is 11.5 Å². The Bertz CT molecular complexity index is 684. The number of allylic oxidation sites excluding steroid dienone is 1. The Labute approximate surface area is 149 Å². The fourth-order valence-corrected chi connectivity index (χ4v) is 4.85. The van der Waals surface area contributed by atoms with Gasteiger partial charge in [-0.1, -0.05) is 18.6 Å². The minimum absolute atomic E-state index is 0.0529. The molecule has 1 aromatic carbocycles. The monoisotopic (exact) mass is 426 g/mol. The summed E-state index contributed by atoms with van der Waals surface area (Å²) in [6, 6.07) is 4.00. The van der Waals surface area contributed by atoms with Crippen molar-refractivity contribution in [1.82, 2.24) is 0 Å². The Morgan fingerprint density at radius 2 is 2.30 bits per heavy atom. The number of halogens is 1. The number of rotatable bonds is 2. The van der Waals surface area contributed by atoms with E-state index in [9.17, 15) is 9.90 Å². The molecule has 4 nitrogen and oxygen atoms in total. The first-order valence-corrected chi connectivity index (χ1v) is 9.00. The first kappa shape index (κ1) is 15.4. The highest BCUT2D eigenvalue weighted by Crippen LogP contribution is 2.56. The molecule has 5 heteroatoms. The van der Waals surface area contributed by atoms with E-state index in [1.165, 1.54) is 5.56 Å². The minimum Gasteiger partial charge on any atom is -0.477 e. The van der Waals surface area contributed by atoms with Gasteiger partial charge < -0.3 is 12.9 Å². The fourth-order valence-electron chi connectivity index (χ4n) is 4.51. The van der Waals surface area contributed by atoms with Crippen molar-refractivity contribution in [3.05, 3.63) is 35.4 Å². The van der Waals surface area contributed by atoms with E-state index in [4.69, 9.17) is 7.80 Å². The number of aliphatic hydroxyl groups is 1. The molecule has 23 heavy (non-hydrogen) atoms. The van der Waals surface area contributed by atoms with Gasteiger partial charge in [-0.15, -0.1) is 0 Å². The van der Waals surface area contributed by atoms with E-state index in [2.05, 4.69) is 6.07 Å². The highest BCUT2D eigenvalue weighted by molar-refractivity contribution is 14.1. The molecule has 1 heterocycles. The average Bonchev–Trinajstić information content (AvgIpc) is 2.89. The van der Waals surface area contributed by atoms with E-state index in [1.54, 1.807) is 6.08 Å². The molecular formula is C18H19IO4. The molecule has 0 amide bonds. The third kappa shape index (κ3) is 2.23. The summed E-state index contributed by atoms with van der Waals surface area (Å²) in [5, 5.41) is 9.64. The van der Waals surface area contributed by atoms with Crippen LogP contribution in [-0.2, 0) is 16.6 Å². The lowest BCUT2D eigenvalue weighted by atomic mass is 9.64. The molecule has 0 radical (unpaired) electrons. The lowest BCUT2D eigenvalue weighted by Crippen LogP contribution is -2.46. The largest absolute Gasteiger partial charge is 0.477 e. The summed E-state index contributed by atoms with van der Waals surface area (Å²) >= 11 is 1.86. The molecular weight excluding hydrogens is 407 g/mol. The van der Waals surface area contributed by atoms with E-state index in [1.807, 2.05) is 35.1 Å². The molecule has 2 unspecified atom stereocenters. The van der Waals surface area contributed by atoms with Gasteiger partial charge >= 0.3 is 0 Å². The topological polar surface area (TPSA) is 55.8 Å². The third-order valence-electron chi connectivity index (χ3n) is 5.55. The molecule has 3 atom stereocenters. The van der Waals surface area contributed by atoms with E-state index in [0.29, 0.717) is 5.75 Å². The van der Waals surface area contributed by atoms with Crippen LogP contribution in [0.2, 0.25) is 0 Å². The second-order valence-electron chi connectivity index (χ2n) is 6.81. The van der Waals surface area contributed by atoms with E-state index in [-0.39, 0.29) is 23.7 Å². The van der Waals surface area contributed by atoms with Gasteiger partial charge in [-0.25, -0.2) is 0 Å². The average molecular weight is 426 g/mol. The fraction of sp³-hybridized carbons (Fsp3) is 0.500. The maximum absolute atomic E-state index is 12.5. The van der Waals surface area contributed by atoms with Crippen molar-refractivity contribution in [2.24, 2.45) is 5.92 Å². The number of aliphatic hydroxyl groups excluding tert-OH is 1. The molecule has 1 aliphatic heterocycles. The summed E-state index contributed by atoms with van der Waals surface area (Å²) in [5.74, 6) is 1.75. The highest BCUT2D eigenvalue weighted by atomic mass is 127. The molecule has 0 saturated carbocycles. The number of ketones is 1. The summed E-state index contributed by atoms with van der Waals surface area (Å²) in [5.41, 5.74) is 2.08. The SMILES string of the molecule is O=C1C=CCC23CCC[C@@H](CO)Cc4ccc(OI)c(c42)OC13. The third-order valence-corrected chi connectivity index (χ3v) is 6.03. The van der Waals surface area contributed by atoms with Gasteiger partial charge in [-0.2, -0.15) is 0 Å². The van der Waals surface area contributed by atoms with E-state index < -0.39 is 6.10 Å². The van der Waals surface area contributed by atoms with Crippen LogP contribution in [-0.4, -0.2) is 23.6 Å². The molecule has 0 fully saturated rings. The van der Waals surface area contributed by atoms with E-state index >= 15 is 0 Å². The standard InChI is InChI=1S/C18H19IO4/c19-23-14-6-5-12-9-11(10-20)3-1-7-18-8-2-4-13(21)17(18)22-16(14)15(12)18/h2,4-6,11,17,20H,1,3,7-10H2/t11-,17?,18?/m1/s1. The van der Waals surface area contributed by atoms with Crippen LogP contribution in [0.4, 0.5) is 0 Å². The number of hydrogen-bond donors (Lipinski definition) is 1. The van der Waals surface area contributed by atoms with Gasteiger partial charge in [0.05, 0.1) is 0 Å². The Hall–Kier alpha value is -1.08. The van der Waals surface area contributed by atoms with Crippen LogP contribution < -0.4 is 7.80 Å². The van der Waals surface area contributed by atoms with Crippen LogP contribution in [0.25, 0.3) is 0 Å². The van der Waals surface area contributed by atoms with Crippen LogP contribution in [0, 0.1) is 5.92 Å². The second-order valence-corrected chi connectivity index (χ2v) is 7.25. The quantitative estimate of drug-likeness (QED) is 0.738. The predicted octanol–water partition coefficient (Wildman–Crippen LogP) is 3.28. The summed E-state index contributed by atoms with van der Waals surface area (Å²) in [6.07, 6.45) is 7.77. The van der Waals surface area contributed by atoms with Crippen LogP contribution >= 0.6 is 23.0 Å². The van der Waals surface area contributed by atoms with Gasteiger partial charge in [0.1, 0.15) is 0 Å². The number of benzene rings is 1. The molecule has 2 aliphatic carbocycles. The lowest BCUT2D eigenvalue weighted by Gasteiger charge is -2.37. The van der Waals surface area contributed by atoms with Gasteiger partial charge in [-0.05, 0) is 49.3 Å².